The number of hydrogen-bond acceptors (Lipinski definition) is 5. The van der Waals surface area contributed by atoms with Crippen molar-refractivity contribution < 1.29 is 23.8 Å². The zero-order chi connectivity index (χ0) is 18.9. The molecule has 0 heterocycles. The van der Waals surface area contributed by atoms with Crippen LogP contribution in [0.5, 0.6) is 11.5 Å². The van der Waals surface area contributed by atoms with Gasteiger partial charge >= 0.3 is 5.97 Å². The fourth-order valence-electron chi connectivity index (χ4n) is 2.09. The third kappa shape index (κ3) is 5.67. The first-order valence-corrected chi connectivity index (χ1v) is 8.44. The first-order chi connectivity index (χ1) is 12.5. The quantitative estimate of drug-likeness (QED) is 0.705. The number of nitrogens with one attached hydrogen (secondary N) is 1. The first kappa shape index (κ1) is 19.6. The number of benzene rings is 2. The molecule has 0 aliphatic rings. The standard InChI is InChI=1S/C19H20ClNO5/c1-3-10-25-15-7-4-13(5-8-15)19(23)26-12-18(22)21-16-11-14(20)6-9-17(16)24-2/h4-9,11H,3,10,12H2,1-2H3,(H,21,22). The summed E-state index contributed by atoms with van der Waals surface area (Å²) in [6.45, 7) is 2.19. The zero-order valence-electron chi connectivity index (χ0n) is 14.6. The maximum absolute atomic E-state index is 12.0. The van der Waals surface area contributed by atoms with Crippen LogP contribution in [0.1, 0.15) is 23.7 Å². The van der Waals surface area contributed by atoms with Crippen LogP contribution in [0.2, 0.25) is 5.02 Å². The number of carbonyl (C=O) groups is 2. The van der Waals surface area contributed by atoms with Crippen molar-refractivity contribution in [3.8, 4) is 11.5 Å². The number of esters is 1. The third-order valence-electron chi connectivity index (χ3n) is 3.33. The van der Waals surface area contributed by atoms with E-state index < -0.39 is 18.5 Å². The third-order valence-corrected chi connectivity index (χ3v) is 3.57. The summed E-state index contributed by atoms with van der Waals surface area (Å²) in [4.78, 5) is 24.0. The van der Waals surface area contributed by atoms with Crippen LogP contribution in [0.25, 0.3) is 0 Å². The van der Waals surface area contributed by atoms with E-state index in [0.717, 1.165) is 6.42 Å². The molecule has 1 N–H and O–H groups in total. The molecule has 0 aromatic heterocycles. The van der Waals surface area contributed by atoms with Gasteiger partial charge in [0.1, 0.15) is 11.5 Å². The lowest BCUT2D eigenvalue weighted by Crippen LogP contribution is -2.21. The molecule has 0 aliphatic carbocycles. The largest absolute Gasteiger partial charge is 0.495 e. The Morgan fingerprint density at radius 2 is 1.85 bits per heavy atom. The molecule has 138 valence electrons. The molecule has 6 nitrogen and oxygen atoms in total. The van der Waals surface area contributed by atoms with E-state index >= 15 is 0 Å². The van der Waals surface area contributed by atoms with Gasteiger partial charge in [-0.05, 0) is 48.9 Å². The second-order valence-electron chi connectivity index (χ2n) is 5.34. The summed E-state index contributed by atoms with van der Waals surface area (Å²) in [7, 11) is 1.48. The molecule has 0 saturated heterocycles. The molecule has 26 heavy (non-hydrogen) atoms. The van der Waals surface area contributed by atoms with Gasteiger partial charge in [0, 0.05) is 5.02 Å². The molecule has 0 aliphatic heterocycles. The van der Waals surface area contributed by atoms with Crippen LogP contribution in [0.4, 0.5) is 5.69 Å². The van der Waals surface area contributed by atoms with Gasteiger partial charge in [-0.25, -0.2) is 4.79 Å². The van der Waals surface area contributed by atoms with Crippen molar-refractivity contribution in [3.63, 3.8) is 0 Å². The van der Waals surface area contributed by atoms with Crippen LogP contribution < -0.4 is 14.8 Å². The predicted octanol–water partition coefficient (Wildman–Crippen LogP) is 3.93. The Morgan fingerprint density at radius 1 is 1.12 bits per heavy atom. The SMILES string of the molecule is CCCOc1ccc(C(=O)OCC(=O)Nc2cc(Cl)ccc2OC)cc1. The maximum atomic E-state index is 12.0. The molecular formula is C19H20ClNO5. The smallest absolute Gasteiger partial charge is 0.338 e. The van der Waals surface area contributed by atoms with Crippen molar-refractivity contribution in [2.45, 2.75) is 13.3 Å². The number of anilines is 1. The maximum Gasteiger partial charge on any atom is 0.338 e. The van der Waals surface area contributed by atoms with Crippen LogP contribution in [0.15, 0.2) is 42.5 Å². The summed E-state index contributed by atoms with van der Waals surface area (Å²) in [6, 6.07) is 11.4. The summed E-state index contributed by atoms with van der Waals surface area (Å²) in [5, 5.41) is 3.04. The van der Waals surface area contributed by atoms with E-state index in [9.17, 15) is 9.59 Å². The summed E-state index contributed by atoms with van der Waals surface area (Å²) in [6.07, 6.45) is 0.899. The lowest BCUT2D eigenvalue weighted by atomic mass is 10.2. The van der Waals surface area contributed by atoms with Gasteiger partial charge in [0.25, 0.3) is 5.91 Å². The number of amides is 1. The molecule has 0 radical (unpaired) electrons. The zero-order valence-corrected chi connectivity index (χ0v) is 15.3. The molecule has 0 atom stereocenters. The lowest BCUT2D eigenvalue weighted by Gasteiger charge is -2.11. The number of ether oxygens (including phenoxy) is 3. The van der Waals surface area contributed by atoms with Crippen LogP contribution in [-0.4, -0.2) is 32.2 Å². The average Bonchev–Trinajstić information content (AvgIpc) is 2.65. The van der Waals surface area contributed by atoms with Gasteiger partial charge in [-0.3, -0.25) is 4.79 Å². The Kier molecular flexibility index (Phi) is 7.29. The number of carbonyl (C=O) groups excluding carboxylic acids is 2. The molecule has 2 rings (SSSR count). The second-order valence-corrected chi connectivity index (χ2v) is 5.78. The molecule has 7 heteroatoms. The van der Waals surface area contributed by atoms with Gasteiger partial charge in [0.05, 0.1) is 25.0 Å². The Labute approximate surface area is 157 Å². The van der Waals surface area contributed by atoms with Gasteiger partial charge in [0.2, 0.25) is 0 Å². The second kappa shape index (κ2) is 9.68. The van der Waals surface area contributed by atoms with Gasteiger partial charge in [-0.2, -0.15) is 0 Å². The van der Waals surface area contributed by atoms with Crippen molar-refractivity contribution in [2.24, 2.45) is 0 Å². The van der Waals surface area contributed by atoms with Crippen LogP contribution >= 0.6 is 11.6 Å². The normalized spacial score (nSPS) is 10.1. The van der Waals surface area contributed by atoms with Crippen molar-refractivity contribution in [1.29, 1.82) is 0 Å². The highest BCUT2D eigenvalue weighted by Crippen LogP contribution is 2.27. The van der Waals surface area contributed by atoms with Crippen LogP contribution in [0.3, 0.4) is 0 Å². The minimum absolute atomic E-state index is 0.335. The summed E-state index contributed by atoms with van der Waals surface area (Å²) >= 11 is 5.91. The van der Waals surface area contributed by atoms with Crippen molar-refractivity contribution in [3.05, 3.63) is 53.1 Å². The molecule has 0 fully saturated rings. The predicted molar refractivity (Wildman–Crippen MR) is 99.1 cm³/mol. The molecule has 0 spiro atoms. The Bertz CT molecular complexity index is 761. The minimum Gasteiger partial charge on any atom is -0.495 e. The summed E-state index contributed by atoms with van der Waals surface area (Å²) in [5.41, 5.74) is 0.737. The molecular weight excluding hydrogens is 358 g/mol. The molecule has 2 aromatic rings. The van der Waals surface area contributed by atoms with Crippen LogP contribution in [-0.2, 0) is 9.53 Å². The van der Waals surface area contributed by atoms with Gasteiger partial charge in [-0.15, -0.1) is 0 Å². The Morgan fingerprint density at radius 3 is 2.50 bits per heavy atom. The lowest BCUT2D eigenvalue weighted by molar-refractivity contribution is -0.119. The molecule has 2 aromatic carbocycles. The minimum atomic E-state index is -0.597. The van der Waals surface area contributed by atoms with Gasteiger partial charge in [0.15, 0.2) is 6.61 Å². The van der Waals surface area contributed by atoms with Crippen molar-refractivity contribution >= 4 is 29.2 Å². The monoisotopic (exact) mass is 377 g/mol. The number of rotatable bonds is 8. The van der Waals surface area contributed by atoms with E-state index in [2.05, 4.69) is 5.32 Å². The highest BCUT2D eigenvalue weighted by molar-refractivity contribution is 6.31. The molecule has 0 bridgehead atoms. The van der Waals surface area contributed by atoms with E-state index in [0.29, 0.717) is 34.4 Å². The van der Waals surface area contributed by atoms with Crippen molar-refractivity contribution in [2.75, 3.05) is 25.6 Å². The molecule has 1 amide bonds. The van der Waals surface area contributed by atoms with Crippen LogP contribution in [0, 0.1) is 0 Å². The Balaban J connectivity index is 1.88. The summed E-state index contributed by atoms with van der Waals surface area (Å²) in [5.74, 6) is 0.0352. The fourth-order valence-corrected chi connectivity index (χ4v) is 2.26. The highest BCUT2D eigenvalue weighted by atomic mass is 35.5. The number of methoxy groups -OCH3 is 1. The fraction of sp³-hybridized carbons (Fsp3) is 0.263. The van der Waals surface area contributed by atoms with E-state index in [1.807, 2.05) is 6.92 Å². The highest BCUT2D eigenvalue weighted by Gasteiger charge is 2.12. The summed E-state index contributed by atoms with van der Waals surface area (Å²) < 4.78 is 15.6. The van der Waals surface area contributed by atoms with E-state index in [4.69, 9.17) is 25.8 Å². The topological polar surface area (TPSA) is 73.9 Å². The number of hydrogen-bond donors (Lipinski definition) is 1. The van der Waals surface area contributed by atoms with E-state index in [1.165, 1.54) is 7.11 Å². The average molecular weight is 378 g/mol. The van der Waals surface area contributed by atoms with Crippen molar-refractivity contribution in [1.82, 2.24) is 0 Å². The number of halogens is 1. The molecule has 0 saturated carbocycles. The Hall–Kier alpha value is -2.73. The van der Waals surface area contributed by atoms with E-state index in [-0.39, 0.29) is 0 Å². The van der Waals surface area contributed by atoms with E-state index in [1.54, 1.807) is 42.5 Å². The van der Waals surface area contributed by atoms with Gasteiger partial charge in [-0.1, -0.05) is 18.5 Å². The molecule has 0 unspecified atom stereocenters. The van der Waals surface area contributed by atoms with Gasteiger partial charge < -0.3 is 19.5 Å². The first-order valence-electron chi connectivity index (χ1n) is 8.07.